The van der Waals surface area contributed by atoms with E-state index in [9.17, 15) is 0 Å². The van der Waals surface area contributed by atoms with Crippen molar-refractivity contribution in [3.63, 3.8) is 0 Å². The van der Waals surface area contributed by atoms with E-state index in [1.807, 2.05) is 43.3 Å². The molecular weight excluding hydrogens is 264 g/mol. The van der Waals surface area contributed by atoms with Crippen LogP contribution in [0.4, 0.5) is 0 Å². The van der Waals surface area contributed by atoms with Crippen LogP contribution in [0.3, 0.4) is 0 Å². The van der Waals surface area contributed by atoms with Gasteiger partial charge in [0.15, 0.2) is 6.10 Å². The van der Waals surface area contributed by atoms with E-state index in [0.29, 0.717) is 0 Å². The Kier molecular flexibility index (Phi) is 3.52. The molecule has 21 heavy (non-hydrogen) atoms. The van der Waals surface area contributed by atoms with E-state index in [1.54, 1.807) is 7.11 Å². The van der Waals surface area contributed by atoms with E-state index in [4.69, 9.17) is 9.47 Å². The lowest BCUT2D eigenvalue weighted by atomic mass is 10.2. The number of nitrogens with zero attached hydrogens (tertiary/aromatic N) is 1. The molecule has 1 atom stereocenters. The largest absolute Gasteiger partial charge is 0.497 e. The number of aromatic nitrogens is 2. The summed E-state index contributed by atoms with van der Waals surface area (Å²) in [4.78, 5) is 7.96. The minimum absolute atomic E-state index is 0.163. The van der Waals surface area contributed by atoms with Gasteiger partial charge >= 0.3 is 0 Å². The summed E-state index contributed by atoms with van der Waals surface area (Å²) in [7, 11) is 1.64. The Labute approximate surface area is 123 Å². The van der Waals surface area contributed by atoms with Gasteiger partial charge in [-0.25, -0.2) is 4.98 Å². The van der Waals surface area contributed by atoms with Gasteiger partial charge in [-0.1, -0.05) is 18.2 Å². The van der Waals surface area contributed by atoms with Crippen LogP contribution in [0, 0.1) is 6.92 Å². The number of imidazole rings is 1. The molecule has 0 aliphatic carbocycles. The SMILES string of the molecule is COc1cccc(O[C@@H](C)c2nc3c(C)cccc3[nH]2)c1. The van der Waals surface area contributed by atoms with Crippen molar-refractivity contribution in [3.8, 4) is 11.5 Å². The van der Waals surface area contributed by atoms with E-state index in [-0.39, 0.29) is 6.10 Å². The summed E-state index contributed by atoms with van der Waals surface area (Å²) in [6.45, 7) is 4.03. The first-order chi connectivity index (χ1) is 10.2. The van der Waals surface area contributed by atoms with Crippen LogP contribution in [0.1, 0.15) is 24.4 Å². The minimum atomic E-state index is -0.163. The zero-order valence-corrected chi connectivity index (χ0v) is 12.4. The Hall–Kier alpha value is -2.49. The first kappa shape index (κ1) is 13.5. The molecular formula is C17H18N2O2. The predicted molar refractivity (Wildman–Crippen MR) is 82.9 cm³/mol. The average molecular weight is 282 g/mol. The first-order valence-corrected chi connectivity index (χ1v) is 6.93. The van der Waals surface area contributed by atoms with Gasteiger partial charge in [0.25, 0.3) is 0 Å². The topological polar surface area (TPSA) is 47.1 Å². The summed E-state index contributed by atoms with van der Waals surface area (Å²) in [6.07, 6.45) is -0.163. The molecule has 0 spiro atoms. The van der Waals surface area contributed by atoms with Crippen LogP contribution >= 0.6 is 0 Å². The number of hydrogen-bond donors (Lipinski definition) is 1. The van der Waals surface area contributed by atoms with Crippen molar-refractivity contribution in [2.75, 3.05) is 7.11 Å². The summed E-state index contributed by atoms with van der Waals surface area (Å²) in [5, 5.41) is 0. The number of ether oxygens (including phenoxy) is 2. The predicted octanol–water partition coefficient (Wildman–Crippen LogP) is 4.02. The number of aryl methyl sites for hydroxylation is 1. The molecule has 3 aromatic rings. The van der Waals surface area contributed by atoms with Gasteiger partial charge in [-0.2, -0.15) is 0 Å². The highest BCUT2D eigenvalue weighted by molar-refractivity contribution is 5.78. The summed E-state index contributed by atoms with van der Waals surface area (Å²) < 4.78 is 11.1. The van der Waals surface area contributed by atoms with Crippen LogP contribution in [0.5, 0.6) is 11.5 Å². The van der Waals surface area contributed by atoms with Gasteiger partial charge in [-0.05, 0) is 37.6 Å². The number of aromatic amines is 1. The van der Waals surface area contributed by atoms with E-state index in [0.717, 1.165) is 33.9 Å². The molecule has 0 aliphatic heterocycles. The fraction of sp³-hybridized carbons (Fsp3) is 0.235. The molecule has 0 bridgehead atoms. The molecule has 0 unspecified atom stereocenters. The highest BCUT2D eigenvalue weighted by Gasteiger charge is 2.13. The van der Waals surface area contributed by atoms with Crippen molar-refractivity contribution in [2.45, 2.75) is 20.0 Å². The van der Waals surface area contributed by atoms with Crippen LogP contribution in [-0.2, 0) is 0 Å². The van der Waals surface area contributed by atoms with E-state index in [2.05, 4.69) is 23.0 Å². The molecule has 4 nitrogen and oxygen atoms in total. The van der Waals surface area contributed by atoms with E-state index < -0.39 is 0 Å². The van der Waals surface area contributed by atoms with Crippen LogP contribution in [0.25, 0.3) is 11.0 Å². The number of rotatable bonds is 4. The fourth-order valence-corrected chi connectivity index (χ4v) is 2.32. The van der Waals surface area contributed by atoms with Gasteiger partial charge in [-0.15, -0.1) is 0 Å². The highest BCUT2D eigenvalue weighted by atomic mass is 16.5. The second-order valence-corrected chi connectivity index (χ2v) is 5.03. The third kappa shape index (κ3) is 2.70. The van der Waals surface area contributed by atoms with Crippen LogP contribution < -0.4 is 9.47 Å². The molecule has 108 valence electrons. The maximum Gasteiger partial charge on any atom is 0.153 e. The third-order valence-corrected chi connectivity index (χ3v) is 3.47. The third-order valence-electron chi connectivity index (χ3n) is 3.47. The van der Waals surface area contributed by atoms with Crippen molar-refractivity contribution in [2.24, 2.45) is 0 Å². The monoisotopic (exact) mass is 282 g/mol. The lowest BCUT2D eigenvalue weighted by molar-refractivity contribution is 0.217. The molecule has 0 saturated carbocycles. The Morgan fingerprint density at radius 1 is 1.10 bits per heavy atom. The molecule has 0 aliphatic rings. The quantitative estimate of drug-likeness (QED) is 0.786. The van der Waals surface area contributed by atoms with Crippen molar-refractivity contribution < 1.29 is 9.47 Å². The van der Waals surface area contributed by atoms with Crippen LogP contribution in [0.15, 0.2) is 42.5 Å². The number of hydrogen-bond acceptors (Lipinski definition) is 3. The lowest BCUT2D eigenvalue weighted by Crippen LogP contribution is -2.05. The Balaban J connectivity index is 1.86. The Bertz CT molecular complexity index is 764. The average Bonchev–Trinajstić information content (AvgIpc) is 2.93. The summed E-state index contributed by atoms with van der Waals surface area (Å²) in [5.74, 6) is 2.36. The van der Waals surface area contributed by atoms with Crippen molar-refractivity contribution in [1.82, 2.24) is 9.97 Å². The van der Waals surface area contributed by atoms with Gasteiger partial charge in [0, 0.05) is 6.07 Å². The molecule has 1 N–H and O–H groups in total. The fourth-order valence-electron chi connectivity index (χ4n) is 2.32. The maximum atomic E-state index is 5.94. The molecule has 4 heteroatoms. The second kappa shape index (κ2) is 5.48. The van der Waals surface area contributed by atoms with Crippen molar-refractivity contribution >= 4 is 11.0 Å². The molecule has 0 fully saturated rings. The number of fused-ring (bicyclic) bond motifs is 1. The smallest absolute Gasteiger partial charge is 0.153 e. The summed E-state index contributed by atoms with van der Waals surface area (Å²) in [5.41, 5.74) is 3.18. The summed E-state index contributed by atoms with van der Waals surface area (Å²) >= 11 is 0. The van der Waals surface area contributed by atoms with Gasteiger partial charge in [0.2, 0.25) is 0 Å². The van der Waals surface area contributed by atoms with Gasteiger partial charge in [0.05, 0.1) is 18.1 Å². The van der Waals surface area contributed by atoms with Gasteiger partial charge in [0.1, 0.15) is 17.3 Å². The molecule has 1 aromatic heterocycles. The molecule has 0 radical (unpaired) electrons. The first-order valence-electron chi connectivity index (χ1n) is 6.93. The number of methoxy groups -OCH3 is 1. The molecule has 0 amide bonds. The summed E-state index contributed by atoms with van der Waals surface area (Å²) in [6, 6.07) is 13.7. The molecule has 2 aromatic carbocycles. The Morgan fingerprint density at radius 2 is 1.86 bits per heavy atom. The number of nitrogens with one attached hydrogen (secondary N) is 1. The van der Waals surface area contributed by atoms with Crippen LogP contribution in [-0.4, -0.2) is 17.1 Å². The lowest BCUT2D eigenvalue weighted by Gasteiger charge is -2.13. The molecule has 1 heterocycles. The number of H-pyrrole nitrogens is 1. The standard InChI is InChI=1S/C17H18N2O2/c1-11-6-4-9-15-16(11)19-17(18-15)12(2)21-14-8-5-7-13(10-14)20-3/h4-10,12H,1-3H3,(H,18,19)/t12-/m0/s1. The zero-order chi connectivity index (χ0) is 14.8. The second-order valence-electron chi connectivity index (χ2n) is 5.03. The zero-order valence-electron chi connectivity index (χ0n) is 12.4. The normalized spacial score (nSPS) is 12.3. The van der Waals surface area contributed by atoms with Crippen molar-refractivity contribution in [3.05, 3.63) is 53.9 Å². The highest BCUT2D eigenvalue weighted by Crippen LogP contribution is 2.25. The molecule has 0 saturated heterocycles. The minimum Gasteiger partial charge on any atom is -0.497 e. The number of benzene rings is 2. The molecule has 3 rings (SSSR count). The van der Waals surface area contributed by atoms with E-state index >= 15 is 0 Å². The van der Waals surface area contributed by atoms with E-state index in [1.165, 1.54) is 0 Å². The Morgan fingerprint density at radius 3 is 2.62 bits per heavy atom. The van der Waals surface area contributed by atoms with Crippen molar-refractivity contribution in [1.29, 1.82) is 0 Å². The van der Waals surface area contributed by atoms with Gasteiger partial charge < -0.3 is 14.5 Å². The number of para-hydroxylation sites is 1. The van der Waals surface area contributed by atoms with Gasteiger partial charge in [-0.3, -0.25) is 0 Å². The maximum absolute atomic E-state index is 5.94. The van der Waals surface area contributed by atoms with Crippen LogP contribution in [0.2, 0.25) is 0 Å².